The minimum Gasteiger partial charge on any atom is -0.256 e. The van der Waals surface area contributed by atoms with Crippen LogP contribution in [0.15, 0.2) is 213 Å². The second-order valence-electron chi connectivity index (χ2n) is 15.2. The zero-order valence-corrected chi connectivity index (χ0v) is 33.0. The Hall–Kier alpha value is -7.63. The molecule has 0 bridgehead atoms. The van der Waals surface area contributed by atoms with Crippen LogP contribution in [-0.2, 0) is 0 Å². The minimum atomic E-state index is 0.198. The zero-order chi connectivity index (χ0) is 40.1. The number of nitrogens with zero attached hydrogens (tertiary/aromatic N) is 5. The number of hydrogen-bond donors (Lipinski definition) is 0. The van der Waals surface area contributed by atoms with Gasteiger partial charge in [0.05, 0.1) is 11.4 Å². The summed E-state index contributed by atoms with van der Waals surface area (Å²) in [6.07, 6.45) is 21.2. The quantitative estimate of drug-likeness (QED) is 0.146. The lowest BCUT2D eigenvalue weighted by molar-refractivity contribution is 0.826. The highest BCUT2D eigenvalue weighted by atomic mass is 15.0. The van der Waals surface area contributed by atoms with E-state index in [-0.39, 0.29) is 11.8 Å². The van der Waals surface area contributed by atoms with Crippen molar-refractivity contribution < 1.29 is 0 Å². The molecule has 5 aromatic carbocycles. The fourth-order valence-electron chi connectivity index (χ4n) is 8.09. The molecule has 0 saturated carbocycles. The first kappa shape index (κ1) is 36.7. The summed E-state index contributed by atoms with van der Waals surface area (Å²) in [7, 11) is 0. The maximum absolute atomic E-state index is 5.35. The van der Waals surface area contributed by atoms with Gasteiger partial charge in [0.1, 0.15) is 0 Å². The number of pyridine rings is 2. The molecule has 2 unspecified atom stereocenters. The summed E-state index contributed by atoms with van der Waals surface area (Å²) in [5.74, 6) is 2.35. The molecule has 3 aromatic heterocycles. The molecule has 2 atom stereocenters. The Morgan fingerprint density at radius 2 is 0.917 bits per heavy atom. The molecule has 0 radical (unpaired) electrons. The molecule has 2 aliphatic carbocycles. The van der Waals surface area contributed by atoms with Crippen LogP contribution >= 0.6 is 0 Å². The summed E-state index contributed by atoms with van der Waals surface area (Å²) in [6.45, 7) is 0. The number of rotatable bonds is 9. The molecule has 3 heterocycles. The average molecular weight is 772 g/mol. The molecule has 0 N–H and O–H groups in total. The van der Waals surface area contributed by atoms with E-state index >= 15 is 0 Å². The van der Waals surface area contributed by atoms with Gasteiger partial charge in [-0.3, -0.25) is 9.97 Å². The van der Waals surface area contributed by atoms with Crippen molar-refractivity contribution in [3.63, 3.8) is 0 Å². The first-order valence-corrected chi connectivity index (χ1v) is 20.5. The molecular weight excluding hydrogens is 731 g/mol. The van der Waals surface area contributed by atoms with Crippen LogP contribution in [0.1, 0.15) is 41.5 Å². The highest BCUT2D eigenvalue weighted by Gasteiger charge is 2.21. The van der Waals surface area contributed by atoms with Crippen LogP contribution in [0.3, 0.4) is 0 Å². The summed E-state index contributed by atoms with van der Waals surface area (Å²) < 4.78 is 0. The van der Waals surface area contributed by atoms with Gasteiger partial charge in [-0.25, -0.2) is 15.0 Å². The third-order valence-corrected chi connectivity index (χ3v) is 11.3. The minimum absolute atomic E-state index is 0.198. The third-order valence-electron chi connectivity index (χ3n) is 11.3. The van der Waals surface area contributed by atoms with Crippen molar-refractivity contribution >= 4 is 5.57 Å². The number of allylic oxidation sites excluding steroid dienone is 8. The number of benzene rings is 5. The van der Waals surface area contributed by atoms with E-state index in [2.05, 4.69) is 162 Å². The second kappa shape index (κ2) is 16.7. The van der Waals surface area contributed by atoms with Gasteiger partial charge in [0.15, 0.2) is 17.5 Å². The van der Waals surface area contributed by atoms with Crippen molar-refractivity contribution in [3.8, 4) is 67.7 Å². The predicted octanol–water partition coefficient (Wildman–Crippen LogP) is 13.4. The van der Waals surface area contributed by atoms with Crippen molar-refractivity contribution in [2.24, 2.45) is 0 Å². The molecule has 2 aliphatic rings. The predicted molar refractivity (Wildman–Crippen MR) is 245 cm³/mol. The van der Waals surface area contributed by atoms with Crippen molar-refractivity contribution in [3.05, 3.63) is 229 Å². The molecule has 0 aliphatic heterocycles. The largest absolute Gasteiger partial charge is 0.256 e. The van der Waals surface area contributed by atoms with E-state index in [1.165, 1.54) is 11.1 Å². The Bertz CT molecular complexity index is 2900. The molecular formula is C55H41N5. The maximum Gasteiger partial charge on any atom is 0.164 e. The van der Waals surface area contributed by atoms with Crippen molar-refractivity contribution in [1.82, 2.24) is 24.9 Å². The van der Waals surface area contributed by atoms with Gasteiger partial charge < -0.3 is 0 Å². The SMILES string of the molecule is C1=CCC(c2cc(-c3nc(-c4ccccc4)nc(-c4cc(-c5ccccc5)cc(-c5ccc(-c6ccccn6)cc5)c4)n3)cc(C3C=CC(c4ccccn4)=CC3)c2)C=C1. The van der Waals surface area contributed by atoms with E-state index < -0.39 is 0 Å². The van der Waals surface area contributed by atoms with Crippen molar-refractivity contribution in [2.75, 3.05) is 0 Å². The monoisotopic (exact) mass is 771 g/mol. The highest BCUT2D eigenvalue weighted by Crippen LogP contribution is 2.38. The first-order chi connectivity index (χ1) is 29.7. The summed E-state index contributed by atoms with van der Waals surface area (Å²) in [4.78, 5) is 24.9. The van der Waals surface area contributed by atoms with Gasteiger partial charge in [-0.15, -0.1) is 0 Å². The molecule has 10 rings (SSSR count). The third kappa shape index (κ3) is 7.94. The molecule has 60 heavy (non-hydrogen) atoms. The Balaban J connectivity index is 1.11. The highest BCUT2D eigenvalue weighted by molar-refractivity contribution is 5.81. The Kier molecular flexibility index (Phi) is 10.2. The maximum atomic E-state index is 5.35. The van der Waals surface area contributed by atoms with E-state index in [0.29, 0.717) is 17.5 Å². The fourth-order valence-corrected chi connectivity index (χ4v) is 8.09. The summed E-state index contributed by atoms with van der Waals surface area (Å²) >= 11 is 0. The van der Waals surface area contributed by atoms with Crippen LogP contribution in [0, 0.1) is 0 Å². The van der Waals surface area contributed by atoms with E-state index in [1.54, 1.807) is 0 Å². The van der Waals surface area contributed by atoms with Gasteiger partial charge in [0.2, 0.25) is 0 Å². The van der Waals surface area contributed by atoms with E-state index in [0.717, 1.165) is 74.3 Å². The van der Waals surface area contributed by atoms with Crippen LogP contribution in [0.2, 0.25) is 0 Å². The Morgan fingerprint density at radius 1 is 0.383 bits per heavy atom. The lowest BCUT2D eigenvalue weighted by Gasteiger charge is -2.21. The van der Waals surface area contributed by atoms with Gasteiger partial charge >= 0.3 is 0 Å². The smallest absolute Gasteiger partial charge is 0.164 e. The lowest BCUT2D eigenvalue weighted by atomic mass is 9.84. The zero-order valence-electron chi connectivity index (χ0n) is 33.0. The molecule has 5 nitrogen and oxygen atoms in total. The molecule has 0 spiro atoms. The van der Waals surface area contributed by atoms with Gasteiger partial charge in [-0.05, 0) is 106 Å². The van der Waals surface area contributed by atoms with Gasteiger partial charge in [-0.2, -0.15) is 0 Å². The summed E-state index contributed by atoms with van der Waals surface area (Å²) in [5.41, 5.74) is 13.9. The molecule has 0 fully saturated rings. The number of aromatic nitrogens is 5. The second-order valence-corrected chi connectivity index (χ2v) is 15.2. The van der Waals surface area contributed by atoms with Crippen LogP contribution in [0.25, 0.3) is 73.2 Å². The van der Waals surface area contributed by atoms with E-state index in [1.807, 2.05) is 60.9 Å². The molecule has 286 valence electrons. The Labute approximate surface area is 351 Å². The average Bonchev–Trinajstić information content (AvgIpc) is 3.35. The normalized spacial score (nSPS) is 15.8. The molecule has 5 heteroatoms. The summed E-state index contributed by atoms with van der Waals surface area (Å²) in [6, 6.07) is 55.0. The van der Waals surface area contributed by atoms with Gasteiger partial charge in [-0.1, -0.05) is 146 Å². The first-order valence-electron chi connectivity index (χ1n) is 20.5. The Morgan fingerprint density at radius 3 is 1.50 bits per heavy atom. The van der Waals surface area contributed by atoms with Crippen LogP contribution in [0.5, 0.6) is 0 Å². The van der Waals surface area contributed by atoms with Crippen molar-refractivity contribution in [2.45, 2.75) is 24.7 Å². The van der Waals surface area contributed by atoms with Crippen molar-refractivity contribution in [1.29, 1.82) is 0 Å². The number of hydrogen-bond acceptors (Lipinski definition) is 5. The topological polar surface area (TPSA) is 64.5 Å². The molecule has 0 amide bonds. The standard InChI is InChI=1S/C55H41N5/c1-4-14-38(15-5-1)45-32-47(40-22-26-42(27-23-40)51-20-10-12-30-56-51)36-49(34-45)54-58-53(44-18-8-3-9-19-44)59-55(60-54)50-35-46(39-16-6-2-7-17-39)33-48(37-50)41-24-28-43(29-25-41)52-21-11-13-31-57-52/h1-16,18-24,26-37,39,41H,17,25H2. The summed E-state index contributed by atoms with van der Waals surface area (Å²) in [5, 5.41) is 0. The van der Waals surface area contributed by atoms with Crippen LogP contribution < -0.4 is 0 Å². The van der Waals surface area contributed by atoms with Gasteiger partial charge in [0, 0.05) is 46.5 Å². The van der Waals surface area contributed by atoms with Crippen LogP contribution in [-0.4, -0.2) is 24.9 Å². The van der Waals surface area contributed by atoms with Gasteiger partial charge in [0.25, 0.3) is 0 Å². The fraction of sp³-hybridized carbons (Fsp3) is 0.0727. The lowest BCUT2D eigenvalue weighted by Crippen LogP contribution is -2.05. The molecule has 0 saturated heterocycles. The van der Waals surface area contributed by atoms with E-state index in [4.69, 9.17) is 15.0 Å². The van der Waals surface area contributed by atoms with E-state index in [9.17, 15) is 0 Å². The van der Waals surface area contributed by atoms with Crippen LogP contribution in [0.4, 0.5) is 0 Å². The molecule has 8 aromatic rings.